The van der Waals surface area contributed by atoms with Crippen molar-refractivity contribution in [3.05, 3.63) is 44.0 Å². The lowest BCUT2D eigenvalue weighted by Gasteiger charge is -2.13. The fourth-order valence-electron chi connectivity index (χ4n) is 1.52. The van der Waals surface area contributed by atoms with Gasteiger partial charge in [-0.15, -0.1) is 0 Å². The lowest BCUT2D eigenvalue weighted by atomic mass is 10.1. The van der Waals surface area contributed by atoms with Crippen LogP contribution in [0.2, 0.25) is 0 Å². The molecule has 20 heavy (non-hydrogen) atoms. The molecule has 0 radical (unpaired) electrons. The Morgan fingerprint density at radius 2 is 1.55 bits per heavy atom. The average Bonchev–Trinajstić information content (AvgIpc) is 2.26. The summed E-state index contributed by atoms with van der Waals surface area (Å²) >= 11 is 0. The van der Waals surface area contributed by atoms with Gasteiger partial charge in [0.25, 0.3) is 0 Å². The SMILES string of the molecule is O=c1[nH]c2cc(C(F)(F)F)cc(C(F)(F)F)c2oc1=O. The first-order valence-electron chi connectivity index (χ1n) is 4.86. The number of hydrogen-bond acceptors (Lipinski definition) is 3. The number of alkyl halides is 6. The normalized spacial score (nSPS) is 12.9. The second-order valence-corrected chi connectivity index (χ2v) is 3.74. The molecule has 0 aliphatic carbocycles. The van der Waals surface area contributed by atoms with Crippen molar-refractivity contribution in [2.24, 2.45) is 0 Å². The lowest BCUT2D eigenvalue weighted by molar-refractivity contribution is -0.142. The van der Waals surface area contributed by atoms with Crippen LogP contribution in [0.1, 0.15) is 11.1 Å². The highest BCUT2D eigenvalue weighted by molar-refractivity contribution is 5.77. The molecule has 0 saturated carbocycles. The van der Waals surface area contributed by atoms with Crippen LogP contribution in [-0.2, 0) is 12.4 Å². The molecule has 0 bridgehead atoms. The highest BCUT2D eigenvalue weighted by Gasteiger charge is 2.39. The van der Waals surface area contributed by atoms with E-state index in [1.165, 1.54) is 0 Å². The van der Waals surface area contributed by atoms with Crippen LogP contribution in [0.25, 0.3) is 11.1 Å². The van der Waals surface area contributed by atoms with Crippen LogP contribution < -0.4 is 11.2 Å². The first kappa shape index (κ1) is 14.2. The third-order valence-electron chi connectivity index (χ3n) is 2.35. The van der Waals surface area contributed by atoms with Crippen molar-refractivity contribution in [1.29, 1.82) is 0 Å². The fraction of sp³-hybridized carbons (Fsp3) is 0.200. The Morgan fingerprint density at radius 3 is 2.05 bits per heavy atom. The first-order chi connectivity index (χ1) is 9.00. The zero-order chi connectivity index (χ0) is 15.3. The summed E-state index contributed by atoms with van der Waals surface area (Å²) in [6.45, 7) is 0. The van der Waals surface area contributed by atoms with Crippen molar-refractivity contribution in [2.75, 3.05) is 0 Å². The van der Waals surface area contributed by atoms with Gasteiger partial charge in [0, 0.05) is 0 Å². The molecule has 0 aliphatic heterocycles. The first-order valence-corrected chi connectivity index (χ1v) is 4.86. The van der Waals surface area contributed by atoms with E-state index in [4.69, 9.17) is 0 Å². The Labute approximate surface area is 104 Å². The Morgan fingerprint density at radius 1 is 0.950 bits per heavy atom. The van der Waals surface area contributed by atoms with Crippen molar-refractivity contribution in [1.82, 2.24) is 4.98 Å². The van der Waals surface area contributed by atoms with Crippen molar-refractivity contribution < 1.29 is 30.8 Å². The van der Waals surface area contributed by atoms with Gasteiger partial charge in [0.15, 0.2) is 5.58 Å². The molecule has 1 heterocycles. The van der Waals surface area contributed by atoms with Crippen LogP contribution >= 0.6 is 0 Å². The predicted octanol–water partition coefficient (Wildman–Crippen LogP) is 2.52. The second-order valence-electron chi connectivity index (χ2n) is 3.74. The van der Waals surface area contributed by atoms with E-state index in [-0.39, 0.29) is 12.1 Å². The molecule has 108 valence electrons. The van der Waals surface area contributed by atoms with Crippen LogP contribution in [-0.4, -0.2) is 4.98 Å². The van der Waals surface area contributed by atoms with E-state index in [2.05, 4.69) is 4.42 Å². The summed E-state index contributed by atoms with van der Waals surface area (Å²) in [6.07, 6.45) is -10.2. The fourth-order valence-corrected chi connectivity index (χ4v) is 1.52. The number of hydrogen-bond donors (Lipinski definition) is 1. The smallest absolute Gasteiger partial charge is 0.416 e. The van der Waals surface area contributed by atoms with Crippen molar-refractivity contribution in [3.63, 3.8) is 0 Å². The minimum Gasteiger partial charge on any atom is -0.416 e. The van der Waals surface area contributed by atoms with Gasteiger partial charge in [0.2, 0.25) is 0 Å². The summed E-state index contributed by atoms with van der Waals surface area (Å²) in [6, 6.07) is 0.0680. The maximum Gasteiger partial charge on any atom is 0.420 e. The molecule has 1 N–H and O–H groups in total. The van der Waals surface area contributed by atoms with Gasteiger partial charge in [0.1, 0.15) is 5.56 Å². The second kappa shape index (κ2) is 4.12. The summed E-state index contributed by atoms with van der Waals surface area (Å²) in [5.74, 6) is 0. The van der Waals surface area contributed by atoms with Crippen LogP contribution in [0.4, 0.5) is 26.3 Å². The van der Waals surface area contributed by atoms with Gasteiger partial charge in [-0.05, 0) is 12.1 Å². The molecule has 1 aromatic carbocycles. The number of benzene rings is 1. The van der Waals surface area contributed by atoms with Gasteiger partial charge in [-0.25, -0.2) is 4.79 Å². The minimum atomic E-state index is -5.19. The molecule has 10 heteroatoms. The lowest BCUT2D eigenvalue weighted by Crippen LogP contribution is -2.26. The molecule has 0 aliphatic rings. The largest absolute Gasteiger partial charge is 0.420 e. The molecule has 0 amide bonds. The van der Waals surface area contributed by atoms with E-state index in [1.54, 1.807) is 4.98 Å². The van der Waals surface area contributed by atoms with Gasteiger partial charge in [-0.3, -0.25) is 4.79 Å². The highest BCUT2D eigenvalue weighted by atomic mass is 19.4. The summed E-state index contributed by atoms with van der Waals surface area (Å²) in [5, 5.41) is 0. The maximum atomic E-state index is 12.7. The molecule has 4 nitrogen and oxygen atoms in total. The van der Waals surface area contributed by atoms with E-state index in [0.29, 0.717) is 0 Å². The van der Waals surface area contributed by atoms with Crippen molar-refractivity contribution >= 4 is 11.1 Å². The summed E-state index contributed by atoms with van der Waals surface area (Å²) < 4.78 is 79.8. The van der Waals surface area contributed by atoms with Crippen LogP contribution in [0, 0.1) is 0 Å². The number of aromatic amines is 1. The van der Waals surface area contributed by atoms with Gasteiger partial charge in [-0.1, -0.05) is 0 Å². The molecular weight excluding hydrogens is 296 g/mol. The highest BCUT2D eigenvalue weighted by Crippen LogP contribution is 2.38. The van der Waals surface area contributed by atoms with E-state index in [9.17, 15) is 35.9 Å². The predicted molar refractivity (Wildman–Crippen MR) is 53.1 cm³/mol. The third-order valence-corrected chi connectivity index (χ3v) is 2.35. The summed E-state index contributed by atoms with van der Waals surface area (Å²) in [4.78, 5) is 23.4. The number of rotatable bonds is 0. The van der Waals surface area contributed by atoms with Crippen molar-refractivity contribution in [3.8, 4) is 0 Å². The molecular formula is C10H3F6NO3. The number of halogens is 6. The molecule has 0 fully saturated rings. The van der Waals surface area contributed by atoms with E-state index in [1.807, 2.05) is 0 Å². The Kier molecular flexibility index (Phi) is 2.91. The van der Waals surface area contributed by atoms with Gasteiger partial charge >= 0.3 is 23.5 Å². The zero-order valence-electron chi connectivity index (χ0n) is 9.15. The Bertz CT molecular complexity index is 783. The topological polar surface area (TPSA) is 63.1 Å². The van der Waals surface area contributed by atoms with Crippen LogP contribution in [0.5, 0.6) is 0 Å². The minimum absolute atomic E-state index is 0.191. The van der Waals surface area contributed by atoms with Crippen molar-refractivity contribution in [2.45, 2.75) is 12.4 Å². The maximum absolute atomic E-state index is 12.7. The Balaban J connectivity index is 2.97. The standard InChI is InChI=1S/C10H3F6NO3/c11-9(12,13)3-1-4(10(14,15)16)6-5(2-3)17-7(18)8(19)20-6/h1-2H,(H,17,18). The van der Waals surface area contributed by atoms with E-state index in [0.717, 1.165) is 0 Å². The summed E-state index contributed by atoms with van der Waals surface area (Å²) in [7, 11) is 0. The zero-order valence-corrected chi connectivity index (χ0v) is 9.15. The van der Waals surface area contributed by atoms with Crippen LogP contribution in [0.15, 0.2) is 26.1 Å². The monoisotopic (exact) mass is 299 g/mol. The Hall–Kier alpha value is -2.26. The molecule has 2 rings (SSSR count). The molecule has 0 atom stereocenters. The molecule has 2 aromatic rings. The number of aromatic nitrogens is 1. The quantitative estimate of drug-likeness (QED) is 0.600. The van der Waals surface area contributed by atoms with Gasteiger partial charge < -0.3 is 9.40 Å². The average molecular weight is 299 g/mol. The molecule has 0 saturated heterocycles. The van der Waals surface area contributed by atoms with E-state index >= 15 is 0 Å². The van der Waals surface area contributed by atoms with E-state index < -0.39 is 45.8 Å². The van der Waals surface area contributed by atoms with Gasteiger partial charge in [0.05, 0.1) is 11.1 Å². The number of fused-ring (bicyclic) bond motifs is 1. The van der Waals surface area contributed by atoms with Gasteiger partial charge in [-0.2, -0.15) is 26.3 Å². The molecule has 0 spiro atoms. The third kappa shape index (κ3) is 2.40. The number of H-pyrrole nitrogens is 1. The molecule has 0 unspecified atom stereocenters. The number of nitrogens with one attached hydrogen (secondary N) is 1. The summed E-state index contributed by atoms with van der Waals surface area (Å²) in [5.41, 5.74) is -8.53. The van der Waals surface area contributed by atoms with Crippen LogP contribution in [0.3, 0.4) is 0 Å². The molecule has 1 aromatic heterocycles.